The quantitative estimate of drug-likeness (QED) is 0.828. The molecule has 0 aliphatic carbocycles. The predicted octanol–water partition coefficient (Wildman–Crippen LogP) is 3.44. The number of nitrogens with zero attached hydrogens (tertiary/aromatic N) is 2. The highest BCUT2D eigenvalue weighted by Crippen LogP contribution is 2.28. The Kier molecular flexibility index (Phi) is 4.23. The lowest BCUT2D eigenvalue weighted by atomic mass is 10.1. The first-order valence-corrected chi connectivity index (χ1v) is 5.50. The van der Waals surface area contributed by atoms with Crippen LogP contribution in [-0.2, 0) is 0 Å². The lowest BCUT2D eigenvalue weighted by molar-refractivity contribution is -0.156. The molecule has 18 heavy (non-hydrogen) atoms. The van der Waals surface area contributed by atoms with Gasteiger partial charge in [-0.05, 0) is 25.5 Å². The van der Waals surface area contributed by atoms with Crippen molar-refractivity contribution in [1.29, 1.82) is 5.26 Å². The predicted molar refractivity (Wildman–Crippen MR) is 64.3 cm³/mol. The van der Waals surface area contributed by atoms with Gasteiger partial charge in [0.1, 0.15) is 0 Å². The number of nitriles is 1. The Morgan fingerprint density at radius 1 is 1.33 bits per heavy atom. The highest BCUT2D eigenvalue weighted by molar-refractivity contribution is 5.53. The van der Waals surface area contributed by atoms with E-state index < -0.39 is 12.1 Å². The second kappa shape index (κ2) is 5.30. The van der Waals surface area contributed by atoms with E-state index in [0.29, 0.717) is 5.69 Å². The minimum Gasteiger partial charge on any atom is -0.373 e. The number of hydrogen-bond acceptors (Lipinski definition) is 2. The van der Waals surface area contributed by atoms with Gasteiger partial charge >= 0.3 is 6.18 Å². The molecule has 0 bridgehead atoms. The van der Waals surface area contributed by atoms with Crippen LogP contribution in [0.3, 0.4) is 0 Å². The van der Waals surface area contributed by atoms with Gasteiger partial charge < -0.3 is 4.90 Å². The van der Waals surface area contributed by atoms with Crippen LogP contribution in [0.15, 0.2) is 18.2 Å². The molecular weight excluding hydrogens is 241 g/mol. The highest BCUT2D eigenvalue weighted by Gasteiger charge is 2.40. The van der Waals surface area contributed by atoms with E-state index in [1.54, 1.807) is 13.1 Å². The molecule has 1 aromatic carbocycles. The summed E-state index contributed by atoms with van der Waals surface area (Å²) in [6, 6.07) is 6.82. The Labute approximate surface area is 105 Å². The van der Waals surface area contributed by atoms with Crippen LogP contribution in [0.5, 0.6) is 0 Å². The monoisotopic (exact) mass is 256 g/mol. The zero-order valence-electron chi connectivity index (χ0n) is 10.5. The van der Waals surface area contributed by atoms with E-state index in [1.165, 1.54) is 11.0 Å². The molecule has 0 heterocycles. The smallest absolute Gasteiger partial charge is 0.373 e. The van der Waals surface area contributed by atoms with E-state index in [9.17, 15) is 13.2 Å². The van der Waals surface area contributed by atoms with E-state index >= 15 is 0 Å². The van der Waals surface area contributed by atoms with Crippen molar-refractivity contribution in [1.82, 2.24) is 0 Å². The van der Waals surface area contributed by atoms with Crippen LogP contribution < -0.4 is 4.90 Å². The van der Waals surface area contributed by atoms with Crippen LogP contribution in [-0.4, -0.2) is 19.8 Å². The molecule has 0 aliphatic heterocycles. The number of benzene rings is 1. The van der Waals surface area contributed by atoms with Gasteiger partial charge in [-0.15, -0.1) is 0 Å². The molecule has 0 radical (unpaired) electrons. The highest BCUT2D eigenvalue weighted by atomic mass is 19.4. The third-order valence-corrected chi connectivity index (χ3v) is 2.77. The maximum absolute atomic E-state index is 12.5. The van der Waals surface area contributed by atoms with E-state index in [4.69, 9.17) is 5.26 Å². The number of rotatable bonds is 3. The van der Waals surface area contributed by atoms with E-state index in [1.807, 2.05) is 26.0 Å². The third kappa shape index (κ3) is 3.39. The molecule has 1 rings (SSSR count). The minimum absolute atomic E-state index is 0.357. The van der Waals surface area contributed by atoms with E-state index in [-0.39, 0.29) is 6.54 Å². The van der Waals surface area contributed by atoms with Crippen molar-refractivity contribution < 1.29 is 13.2 Å². The Hall–Kier alpha value is -1.70. The number of aryl methyl sites for hydroxylation is 2. The van der Waals surface area contributed by atoms with Crippen molar-refractivity contribution in [2.75, 3.05) is 18.5 Å². The van der Waals surface area contributed by atoms with Crippen molar-refractivity contribution in [3.05, 3.63) is 29.3 Å². The molecule has 2 nitrogen and oxygen atoms in total. The topological polar surface area (TPSA) is 27.0 Å². The number of anilines is 1. The second-order valence-electron chi connectivity index (χ2n) is 4.39. The first-order chi connectivity index (χ1) is 8.25. The fourth-order valence-electron chi connectivity index (χ4n) is 1.82. The summed E-state index contributed by atoms with van der Waals surface area (Å²) in [4.78, 5) is 1.47. The molecule has 0 spiro atoms. The Balaban J connectivity index is 2.89. The summed E-state index contributed by atoms with van der Waals surface area (Å²) in [5.74, 6) is -1.97. The zero-order valence-corrected chi connectivity index (χ0v) is 10.5. The van der Waals surface area contributed by atoms with Gasteiger partial charge in [-0.3, -0.25) is 0 Å². The fourth-order valence-corrected chi connectivity index (χ4v) is 1.82. The molecule has 0 amide bonds. The Morgan fingerprint density at radius 2 is 1.94 bits per heavy atom. The van der Waals surface area contributed by atoms with Crippen molar-refractivity contribution in [2.45, 2.75) is 20.0 Å². The van der Waals surface area contributed by atoms with Crippen LogP contribution in [0.1, 0.15) is 11.1 Å². The first-order valence-electron chi connectivity index (χ1n) is 5.50. The molecule has 5 heteroatoms. The molecule has 0 aliphatic rings. The summed E-state index contributed by atoms with van der Waals surface area (Å²) in [5, 5.41) is 8.57. The van der Waals surface area contributed by atoms with Gasteiger partial charge in [-0.25, -0.2) is 0 Å². The third-order valence-electron chi connectivity index (χ3n) is 2.77. The van der Waals surface area contributed by atoms with Gasteiger partial charge in [0.2, 0.25) is 0 Å². The molecule has 1 atom stereocenters. The Bertz CT molecular complexity index is 460. The maximum atomic E-state index is 12.5. The average molecular weight is 256 g/mol. The number of alkyl halides is 3. The summed E-state index contributed by atoms with van der Waals surface area (Å²) < 4.78 is 37.5. The lowest BCUT2D eigenvalue weighted by Gasteiger charge is -2.25. The molecule has 0 fully saturated rings. The summed E-state index contributed by atoms with van der Waals surface area (Å²) in [7, 11) is 1.56. The number of halogens is 3. The van der Waals surface area contributed by atoms with Crippen LogP contribution in [0.4, 0.5) is 18.9 Å². The van der Waals surface area contributed by atoms with Crippen LogP contribution in [0.25, 0.3) is 0 Å². The zero-order chi connectivity index (χ0) is 13.9. The summed E-state index contributed by atoms with van der Waals surface area (Å²) >= 11 is 0. The molecule has 0 saturated carbocycles. The molecule has 0 aromatic heterocycles. The standard InChI is InChI=1S/C13H15F3N2/c1-9-4-5-12(10(2)6-9)18(3)8-11(7-17)13(14,15)16/h4-6,11H,8H2,1-3H3. The van der Waals surface area contributed by atoms with Crippen LogP contribution in [0, 0.1) is 31.1 Å². The van der Waals surface area contributed by atoms with Gasteiger partial charge in [0.05, 0.1) is 6.07 Å². The lowest BCUT2D eigenvalue weighted by Crippen LogP contribution is -2.34. The van der Waals surface area contributed by atoms with Crippen molar-refractivity contribution in [2.24, 2.45) is 5.92 Å². The van der Waals surface area contributed by atoms with E-state index in [2.05, 4.69) is 0 Å². The maximum Gasteiger partial charge on any atom is 0.406 e. The summed E-state index contributed by atoms with van der Waals surface area (Å²) in [6.07, 6.45) is -4.48. The fraction of sp³-hybridized carbons (Fsp3) is 0.462. The normalized spacial score (nSPS) is 12.9. The van der Waals surface area contributed by atoms with Gasteiger partial charge in [0.15, 0.2) is 5.92 Å². The SMILES string of the molecule is Cc1ccc(N(C)CC(C#N)C(F)(F)F)c(C)c1. The van der Waals surface area contributed by atoms with Crippen molar-refractivity contribution in [3.63, 3.8) is 0 Å². The van der Waals surface area contributed by atoms with Gasteiger partial charge in [-0.1, -0.05) is 17.7 Å². The van der Waals surface area contributed by atoms with Gasteiger partial charge in [0, 0.05) is 19.3 Å². The van der Waals surface area contributed by atoms with Gasteiger partial charge in [-0.2, -0.15) is 18.4 Å². The average Bonchev–Trinajstić information content (AvgIpc) is 2.23. The number of hydrogen-bond donors (Lipinski definition) is 0. The van der Waals surface area contributed by atoms with Crippen molar-refractivity contribution in [3.8, 4) is 6.07 Å². The van der Waals surface area contributed by atoms with E-state index in [0.717, 1.165) is 11.1 Å². The molecule has 1 unspecified atom stereocenters. The summed E-state index contributed by atoms with van der Waals surface area (Å²) in [6.45, 7) is 3.41. The molecule has 0 saturated heterocycles. The molecular formula is C13H15F3N2. The van der Waals surface area contributed by atoms with Crippen LogP contribution in [0.2, 0.25) is 0 Å². The molecule has 1 aromatic rings. The first kappa shape index (κ1) is 14.4. The Morgan fingerprint density at radius 3 is 2.39 bits per heavy atom. The van der Waals surface area contributed by atoms with Crippen LogP contribution >= 0.6 is 0 Å². The molecule has 0 N–H and O–H groups in total. The minimum atomic E-state index is -4.48. The largest absolute Gasteiger partial charge is 0.406 e. The second-order valence-corrected chi connectivity index (χ2v) is 4.39. The van der Waals surface area contributed by atoms with Gasteiger partial charge in [0.25, 0.3) is 0 Å². The summed E-state index contributed by atoms with van der Waals surface area (Å²) in [5.41, 5.74) is 2.67. The van der Waals surface area contributed by atoms with Crippen molar-refractivity contribution >= 4 is 5.69 Å². The molecule has 98 valence electrons.